The Balaban J connectivity index is 1.82. The number of nitrogens with zero attached hydrogens (tertiary/aromatic N) is 2. The van der Waals surface area contributed by atoms with Crippen LogP contribution in [0.3, 0.4) is 0 Å². The summed E-state index contributed by atoms with van der Waals surface area (Å²) in [6.45, 7) is 0.383. The average Bonchev–Trinajstić information content (AvgIpc) is 3.35. The number of non-ortho nitro benzene ring substituents is 1. The normalized spacial score (nSPS) is 12.2. The van der Waals surface area contributed by atoms with Crippen LogP contribution in [-0.2, 0) is 16.7 Å². The van der Waals surface area contributed by atoms with Crippen molar-refractivity contribution >= 4 is 70.9 Å². The summed E-state index contributed by atoms with van der Waals surface area (Å²) in [5.41, 5.74) is 1.66. The summed E-state index contributed by atoms with van der Waals surface area (Å²) in [4.78, 5) is 10.6. The van der Waals surface area contributed by atoms with Gasteiger partial charge in [0.05, 0.1) is 17.8 Å². The lowest BCUT2D eigenvalue weighted by Crippen LogP contribution is -2.36. The van der Waals surface area contributed by atoms with Crippen molar-refractivity contribution in [1.29, 1.82) is 0 Å². The lowest BCUT2D eigenvalue weighted by atomic mass is 10.2. The van der Waals surface area contributed by atoms with Crippen molar-refractivity contribution < 1.29 is 27.2 Å². The van der Waals surface area contributed by atoms with Crippen molar-refractivity contribution in [3.63, 3.8) is 0 Å². The molecule has 0 unspecified atom stereocenters. The first kappa shape index (κ1) is 22.3. The van der Waals surface area contributed by atoms with Gasteiger partial charge in [-0.1, -0.05) is 23.5 Å². The van der Waals surface area contributed by atoms with Gasteiger partial charge in [-0.2, -0.15) is 13.0 Å². The zero-order chi connectivity index (χ0) is 22.9. The molecule has 0 bridgehead atoms. The molecule has 0 fully saturated rings. The highest BCUT2D eigenvalue weighted by Crippen LogP contribution is 2.38. The highest BCUT2D eigenvalue weighted by atomic mass is 32.2. The maximum absolute atomic E-state index is 11.2. The van der Waals surface area contributed by atoms with Crippen LogP contribution >= 0.6 is 22.7 Å². The Hall–Kier alpha value is -2.86. The van der Waals surface area contributed by atoms with Crippen molar-refractivity contribution in [2.75, 3.05) is 12.9 Å². The molecule has 1 N–H and O–H groups in total. The van der Waals surface area contributed by atoms with E-state index in [1.807, 2.05) is 28.2 Å². The number of nitro benzene ring substituents is 1. The van der Waals surface area contributed by atoms with Crippen LogP contribution in [0.5, 0.6) is 5.75 Å². The lowest BCUT2D eigenvalue weighted by Gasteiger charge is -2.02. The molecule has 2 heterocycles. The Bertz CT molecular complexity index is 1450. The summed E-state index contributed by atoms with van der Waals surface area (Å²) in [5, 5.41) is 14.9. The van der Waals surface area contributed by atoms with E-state index >= 15 is 0 Å². The Labute approximate surface area is 191 Å². The van der Waals surface area contributed by atoms with Gasteiger partial charge < -0.3 is 4.74 Å². The minimum atomic E-state index is -4.06. The van der Waals surface area contributed by atoms with Gasteiger partial charge in [0.1, 0.15) is 15.1 Å². The van der Waals surface area contributed by atoms with Gasteiger partial charge in [-0.05, 0) is 23.1 Å². The number of thiophene rings is 1. The van der Waals surface area contributed by atoms with E-state index in [0.29, 0.717) is 12.1 Å². The molecule has 8 nitrogen and oxygen atoms in total. The molecule has 0 saturated heterocycles. The number of nitro groups is 1. The number of ether oxygens (including phenoxy) is 1. The van der Waals surface area contributed by atoms with E-state index < -0.39 is 15.0 Å². The number of aromatic nitrogens is 1. The van der Waals surface area contributed by atoms with Gasteiger partial charge in [-0.15, -0.1) is 11.3 Å². The first-order valence-corrected chi connectivity index (χ1v) is 12.9. The van der Waals surface area contributed by atoms with E-state index in [1.165, 1.54) is 23.5 Å². The average molecular weight is 492 g/mol. The fourth-order valence-corrected chi connectivity index (χ4v) is 6.16. The van der Waals surface area contributed by atoms with Gasteiger partial charge in [0, 0.05) is 36.1 Å². The van der Waals surface area contributed by atoms with Crippen molar-refractivity contribution in [3.8, 4) is 5.75 Å². The Kier molecular flexibility index (Phi) is 6.24. The van der Waals surface area contributed by atoms with Gasteiger partial charge in [0.25, 0.3) is 20.8 Å². The molecule has 4 aromatic rings. The Morgan fingerprint density at radius 2 is 2.06 bits per heavy atom. The van der Waals surface area contributed by atoms with Gasteiger partial charge in [-0.3, -0.25) is 14.7 Å². The number of hydrogen-bond acceptors (Lipinski definition) is 7. The number of rotatable bonds is 8. The largest absolute Gasteiger partial charge is 0.496 e. The molecule has 0 aliphatic carbocycles. The number of fused-ring (bicyclic) bond motifs is 3. The molecule has 2 aromatic carbocycles. The molecular formula is C21H19N2O6S3+. The van der Waals surface area contributed by atoms with E-state index in [1.54, 1.807) is 36.7 Å². The quantitative estimate of drug-likeness (QED) is 0.165. The number of benzene rings is 2. The predicted octanol–water partition coefficient (Wildman–Crippen LogP) is 4.77. The topological polar surface area (TPSA) is 111 Å². The molecule has 0 saturated carbocycles. The molecule has 11 heteroatoms. The molecule has 0 aliphatic rings. The van der Waals surface area contributed by atoms with Crippen LogP contribution in [-0.4, -0.2) is 30.8 Å². The van der Waals surface area contributed by atoms with E-state index in [2.05, 4.69) is 0 Å². The molecule has 0 radical (unpaired) electrons. The second-order valence-corrected chi connectivity index (χ2v) is 10.6. The standard InChI is InChI=1S/C21H18N2O6S3/c1-29-17-13-18-20(21-16(17)8-10-30-21)22(9-3-11-32(26,27)28)19(31-18)7-6-14-4-2-5-15(12-14)23(24)25/h2,4-8,10,12-13H,3,9,11H2,1H3/p+1/b7-6+. The number of hydrogen-bond donors (Lipinski definition) is 1. The smallest absolute Gasteiger partial charge is 0.270 e. The van der Waals surface area contributed by atoms with Gasteiger partial charge in [0.15, 0.2) is 6.54 Å². The summed E-state index contributed by atoms with van der Waals surface area (Å²) in [6, 6.07) is 10.3. The fourth-order valence-electron chi connectivity index (χ4n) is 3.50. The predicted molar refractivity (Wildman–Crippen MR) is 127 cm³/mol. The third-order valence-electron chi connectivity index (χ3n) is 4.90. The summed E-state index contributed by atoms with van der Waals surface area (Å²) in [6.07, 6.45) is 3.90. The number of thiazole rings is 1. The minimum absolute atomic E-state index is 0.00884. The fraction of sp³-hybridized carbons (Fsp3) is 0.190. The van der Waals surface area contributed by atoms with Gasteiger partial charge in [0.2, 0.25) is 5.52 Å². The van der Waals surface area contributed by atoms with Crippen LogP contribution in [0.1, 0.15) is 17.0 Å². The molecular weight excluding hydrogens is 472 g/mol. The van der Waals surface area contributed by atoms with E-state index in [-0.39, 0.29) is 17.9 Å². The molecule has 4 rings (SSSR count). The van der Waals surface area contributed by atoms with Crippen LogP contribution in [0.15, 0.2) is 41.8 Å². The highest BCUT2D eigenvalue weighted by molar-refractivity contribution is 7.85. The summed E-state index contributed by atoms with van der Waals surface area (Å²) >= 11 is 3.09. The number of methoxy groups -OCH3 is 1. The van der Waals surface area contributed by atoms with Crippen LogP contribution in [0.2, 0.25) is 0 Å². The summed E-state index contributed by atoms with van der Waals surface area (Å²) in [7, 11) is -2.44. The Morgan fingerprint density at radius 3 is 2.78 bits per heavy atom. The second-order valence-electron chi connectivity index (χ2n) is 7.01. The first-order valence-electron chi connectivity index (χ1n) is 9.55. The van der Waals surface area contributed by atoms with E-state index in [9.17, 15) is 18.5 Å². The zero-order valence-electron chi connectivity index (χ0n) is 16.9. The van der Waals surface area contributed by atoms with Gasteiger partial charge in [-0.25, -0.2) is 0 Å². The minimum Gasteiger partial charge on any atom is -0.496 e. The van der Waals surface area contributed by atoms with Crippen LogP contribution in [0, 0.1) is 10.1 Å². The lowest BCUT2D eigenvalue weighted by molar-refractivity contribution is -0.667. The maximum Gasteiger partial charge on any atom is 0.270 e. The molecule has 0 amide bonds. The summed E-state index contributed by atoms with van der Waals surface area (Å²) < 4.78 is 41.2. The zero-order valence-corrected chi connectivity index (χ0v) is 19.4. The maximum atomic E-state index is 11.2. The highest BCUT2D eigenvalue weighted by Gasteiger charge is 2.24. The van der Waals surface area contributed by atoms with E-state index in [4.69, 9.17) is 9.29 Å². The first-order chi connectivity index (χ1) is 15.3. The molecule has 0 spiro atoms. The van der Waals surface area contributed by atoms with Crippen molar-refractivity contribution in [2.24, 2.45) is 0 Å². The molecule has 0 aliphatic heterocycles. The van der Waals surface area contributed by atoms with Gasteiger partial charge >= 0.3 is 0 Å². The van der Waals surface area contributed by atoms with Crippen LogP contribution < -0.4 is 9.30 Å². The second kappa shape index (κ2) is 8.94. The SMILES string of the molecule is COc1cc2sc(/C=C/c3cccc([N+](=O)[O-])c3)[n+](CCCS(=O)(=O)O)c2c2sccc12. The Morgan fingerprint density at radius 1 is 1.25 bits per heavy atom. The third-order valence-corrected chi connectivity index (χ3v) is 7.72. The third kappa shape index (κ3) is 4.65. The molecule has 2 aromatic heterocycles. The number of aryl methyl sites for hydroxylation is 1. The summed E-state index contributed by atoms with van der Waals surface area (Å²) in [5.74, 6) is 0.420. The van der Waals surface area contributed by atoms with Crippen molar-refractivity contribution in [2.45, 2.75) is 13.0 Å². The molecule has 32 heavy (non-hydrogen) atoms. The van der Waals surface area contributed by atoms with E-state index in [0.717, 1.165) is 31.1 Å². The van der Waals surface area contributed by atoms with Crippen LogP contribution in [0.25, 0.3) is 32.5 Å². The van der Waals surface area contributed by atoms with Crippen molar-refractivity contribution in [1.82, 2.24) is 0 Å². The van der Waals surface area contributed by atoms with Crippen molar-refractivity contribution in [3.05, 3.63) is 62.5 Å². The molecule has 166 valence electrons. The van der Waals surface area contributed by atoms with Crippen LogP contribution in [0.4, 0.5) is 5.69 Å². The monoisotopic (exact) mass is 491 g/mol. The molecule has 0 atom stereocenters.